The highest BCUT2D eigenvalue weighted by molar-refractivity contribution is 7.98. The number of rotatable bonds is 6. The number of carbonyl (C=O) groups excluding carboxylic acids is 2. The topological polar surface area (TPSA) is 49.4 Å². The molecule has 132 valence electrons. The third-order valence-corrected chi connectivity index (χ3v) is 5.13. The van der Waals surface area contributed by atoms with Crippen molar-refractivity contribution in [2.75, 3.05) is 25.1 Å². The van der Waals surface area contributed by atoms with Crippen LogP contribution in [-0.4, -0.2) is 47.9 Å². The van der Waals surface area contributed by atoms with Crippen LogP contribution in [0.4, 0.5) is 0 Å². The van der Waals surface area contributed by atoms with Gasteiger partial charge in [0.25, 0.3) is 5.91 Å². The first-order chi connectivity index (χ1) is 11.6. The van der Waals surface area contributed by atoms with E-state index in [0.29, 0.717) is 17.0 Å². The van der Waals surface area contributed by atoms with E-state index in [4.69, 9.17) is 11.6 Å². The van der Waals surface area contributed by atoms with Crippen LogP contribution in [0.5, 0.6) is 0 Å². The Morgan fingerprint density at radius 2 is 1.79 bits per heavy atom. The SMILES string of the molecule is CSCC[C@@H](NC(=O)c1ccc(Cl)cc1)C(=O)N1CCCCCC1. The van der Waals surface area contributed by atoms with E-state index in [1.54, 1.807) is 36.0 Å². The lowest BCUT2D eigenvalue weighted by Gasteiger charge is -2.26. The molecular formula is C18H25ClN2O2S. The maximum absolute atomic E-state index is 12.9. The van der Waals surface area contributed by atoms with Gasteiger partial charge in [0.2, 0.25) is 5.91 Å². The van der Waals surface area contributed by atoms with Gasteiger partial charge in [0, 0.05) is 23.7 Å². The number of carbonyl (C=O) groups is 2. The van der Waals surface area contributed by atoms with Gasteiger partial charge in [-0.3, -0.25) is 9.59 Å². The maximum Gasteiger partial charge on any atom is 0.251 e. The average Bonchev–Trinajstić information content (AvgIpc) is 2.87. The zero-order valence-corrected chi connectivity index (χ0v) is 15.7. The minimum absolute atomic E-state index is 0.0493. The van der Waals surface area contributed by atoms with Crippen LogP contribution in [0.15, 0.2) is 24.3 Å². The second kappa shape index (κ2) is 9.94. The summed E-state index contributed by atoms with van der Waals surface area (Å²) in [7, 11) is 0. The van der Waals surface area contributed by atoms with Crippen molar-refractivity contribution < 1.29 is 9.59 Å². The van der Waals surface area contributed by atoms with Gasteiger partial charge >= 0.3 is 0 Å². The molecule has 1 aromatic rings. The van der Waals surface area contributed by atoms with E-state index in [1.165, 1.54) is 12.8 Å². The molecule has 1 saturated heterocycles. The van der Waals surface area contributed by atoms with Gasteiger partial charge in [0.1, 0.15) is 6.04 Å². The molecule has 0 aliphatic carbocycles. The molecule has 2 rings (SSSR count). The minimum Gasteiger partial charge on any atom is -0.341 e. The van der Waals surface area contributed by atoms with Gasteiger partial charge < -0.3 is 10.2 Å². The molecule has 24 heavy (non-hydrogen) atoms. The maximum atomic E-state index is 12.9. The lowest BCUT2D eigenvalue weighted by molar-refractivity contribution is -0.133. The van der Waals surface area contributed by atoms with Crippen LogP contribution in [0.1, 0.15) is 42.5 Å². The molecule has 1 aromatic carbocycles. The summed E-state index contributed by atoms with van der Waals surface area (Å²) in [6.07, 6.45) is 7.11. The van der Waals surface area contributed by atoms with Gasteiger partial charge in [0.05, 0.1) is 0 Å². The first-order valence-corrected chi connectivity index (χ1v) is 10.2. The highest BCUT2D eigenvalue weighted by Gasteiger charge is 2.26. The number of thioether (sulfide) groups is 1. The van der Waals surface area contributed by atoms with Crippen molar-refractivity contribution in [2.24, 2.45) is 0 Å². The Morgan fingerprint density at radius 1 is 1.17 bits per heavy atom. The van der Waals surface area contributed by atoms with Crippen molar-refractivity contribution in [1.82, 2.24) is 10.2 Å². The molecule has 0 unspecified atom stereocenters. The van der Waals surface area contributed by atoms with Crippen LogP contribution < -0.4 is 5.32 Å². The fourth-order valence-corrected chi connectivity index (χ4v) is 3.44. The Labute approximate surface area is 153 Å². The Bertz CT molecular complexity index is 542. The number of nitrogens with zero attached hydrogens (tertiary/aromatic N) is 1. The minimum atomic E-state index is -0.460. The third kappa shape index (κ3) is 5.71. The van der Waals surface area contributed by atoms with Crippen LogP contribution in [0.2, 0.25) is 5.02 Å². The highest BCUT2D eigenvalue weighted by atomic mass is 35.5. The molecule has 0 aromatic heterocycles. The number of likely N-dealkylation sites (tertiary alicyclic amines) is 1. The Balaban J connectivity index is 2.04. The smallest absolute Gasteiger partial charge is 0.251 e. The molecule has 4 nitrogen and oxygen atoms in total. The van der Waals surface area contributed by atoms with Crippen LogP contribution in [-0.2, 0) is 4.79 Å². The van der Waals surface area contributed by atoms with Crippen molar-refractivity contribution in [3.05, 3.63) is 34.9 Å². The number of amides is 2. The molecule has 0 radical (unpaired) electrons. The number of hydrogen-bond donors (Lipinski definition) is 1. The summed E-state index contributed by atoms with van der Waals surface area (Å²) < 4.78 is 0. The molecule has 1 fully saturated rings. The zero-order chi connectivity index (χ0) is 17.4. The van der Waals surface area contributed by atoms with Crippen LogP contribution in [0.3, 0.4) is 0 Å². The molecule has 0 saturated carbocycles. The van der Waals surface area contributed by atoms with Gasteiger partial charge in [0.15, 0.2) is 0 Å². The van der Waals surface area contributed by atoms with Crippen LogP contribution in [0, 0.1) is 0 Å². The van der Waals surface area contributed by atoms with Crippen LogP contribution in [0.25, 0.3) is 0 Å². The van der Waals surface area contributed by atoms with E-state index in [1.807, 2.05) is 11.2 Å². The fraction of sp³-hybridized carbons (Fsp3) is 0.556. The van der Waals surface area contributed by atoms with Crippen molar-refractivity contribution in [3.63, 3.8) is 0 Å². The van der Waals surface area contributed by atoms with Gasteiger partial charge in [-0.15, -0.1) is 0 Å². The van der Waals surface area contributed by atoms with E-state index < -0.39 is 6.04 Å². The monoisotopic (exact) mass is 368 g/mol. The van der Waals surface area contributed by atoms with E-state index in [0.717, 1.165) is 31.7 Å². The fourth-order valence-electron chi connectivity index (χ4n) is 2.85. The lowest BCUT2D eigenvalue weighted by atomic mass is 10.1. The Morgan fingerprint density at radius 3 is 2.38 bits per heavy atom. The molecule has 1 aliphatic heterocycles. The van der Waals surface area contributed by atoms with E-state index in [2.05, 4.69) is 5.32 Å². The van der Waals surface area contributed by atoms with E-state index in [9.17, 15) is 9.59 Å². The molecule has 1 aliphatic rings. The predicted octanol–water partition coefficient (Wildman–Crippen LogP) is 3.59. The summed E-state index contributed by atoms with van der Waals surface area (Å²) in [6, 6.07) is 6.27. The van der Waals surface area contributed by atoms with Gasteiger partial charge in [-0.1, -0.05) is 24.4 Å². The number of halogens is 1. The highest BCUT2D eigenvalue weighted by Crippen LogP contribution is 2.14. The van der Waals surface area contributed by atoms with Crippen LogP contribution >= 0.6 is 23.4 Å². The summed E-state index contributed by atoms with van der Waals surface area (Å²) in [5.41, 5.74) is 0.525. The van der Waals surface area contributed by atoms with Crippen molar-refractivity contribution in [3.8, 4) is 0 Å². The summed E-state index contributed by atoms with van der Waals surface area (Å²) in [6.45, 7) is 1.59. The normalized spacial score (nSPS) is 16.3. The molecule has 1 atom stereocenters. The van der Waals surface area contributed by atoms with Crippen molar-refractivity contribution >= 4 is 35.2 Å². The number of nitrogens with one attached hydrogen (secondary N) is 1. The molecule has 2 amide bonds. The quantitative estimate of drug-likeness (QED) is 0.834. The summed E-state index contributed by atoms with van der Waals surface area (Å²) in [5.74, 6) is 0.666. The predicted molar refractivity (Wildman–Crippen MR) is 101 cm³/mol. The van der Waals surface area contributed by atoms with Gasteiger partial charge in [-0.25, -0.2) is 0 Å². The largest absolute Gasteiger partial charge is 0.341 e. The second-order valence-electron chi connectivity index (χ2n) is 6.05. The van der Waals surface area contributed by atoms with E-state index in [-0.39, 0.29) is 11.8 Å². The number of benzene rings is 1. The molecule has 0 bridgehead atoms. The standard InChI is InChI=1S/C18H25ClN2O2S/c1-24-13-10-16(18(23)21-11-4-2-3-5-12-21)20-17(22)14-6-8-15(19)9-7-14/h6-9,16H,2-5,10-13H2,1H3,(H,20,22)/t16-/m1/s1. The first-order valence-electron chi connectivity index (χ1n) is 8.46. The molecule has 1 heterocycles. The van der Waals surface area contributed by atoms with Crippen molar-refractivity contribution in [1.29, 1.82) is 0 Å². The summed E-state index contributed by atoms with van der Waals surface area (Å²) in [4.78, 5) is 27.2. The Kier molecular flexibility index (Phi) is 7.92. The molecule has 1 N–H and O–H groups in total. The molecular weight excluding hydrogens is 344 g/mol. The average molecular weight is 369 g/mol. The number of hydrogen-bond acceptors (Lipinski definition) is 3. The third-order valence-electron chi connectivity index (χ3n) is 4.24. The lowest BCUT2D eigenvalue weighted by Crippen LogP contribution is -2.49. The van der Waals surface area contributed by atoms with Gasteiger partial charge in [-0.2, -0.15) is 11.8 Å². The van der Waals surface area contributed by atoms with Gasteiger partial charge in [-0.05, 0) is 55.5 Å². The summed E-state index contributed by atoms with van der Waals surface area (Å²) >= 11 is 7.55. The van der Waals surface area contributed by atoms with E-state index >= 15 is 0 Å². The Hall–Kier alpha value is -1.20. The molecule has 6 heteroatoms. The molecule has 0 spiro atoms. The zero-order valence-electron chi connectivity index (χ0n) is 14.1. The first kappa shape index (κ1) is 19.1. The van der Waals surface area contributed by atoms with Crippen molar-refractivity contribution in [2.45, 2.75) is 38.1 Å². The second-order valence-corrected chi connectivity index (χ2v) is 7.48. The summed E-state index contributed by atoms with van der Waals surface area (Å²) in [5, 5.41) is 3.51.